The molecule has 0 atom stereocenters. The van der Waals surface area contributed by atoms with E-state index in [2.05, 4.69) is 15.3 Å². The zero-order chi connectivity index (χ0) is 17.3. The number of thioether (sulfide) groups is 1. The van der Waals surface area contributed by atoms with Gasteiger partial charge in [0.05, 0.1) is 11.1 Å². The topological polar surface area (TPSA) is 87.1 Å². The minimum absolute atomic E-state index is 0.261. The first-order valence-electron chi connectivity index (χ1n) is 6.55. The Hall–Kier alpha value is -2.02. The van der Waals surface area contributed by atoms with E-state index in [-0.39, 0.29) is 5.82 Å². The zero-order valence-corrected chi connectivity index (χ0v) is 12.8. The fraction of sp³-hybridized carbons (Fsp3) is 0.462. The molecule has 0 saturated heterocycles. The normalized spacial score (nSPS) is 12.3. The number of hydrogen-bond acceptors (Lipinski definition) is 4. The van der Waals surface area contributed by atoms with Gasteiger partial charge in [0.2, 0.25) is 0 Å². The molecule has 1 aromatic rings. The Morgan fingerprint density at radius 2 is 2.22 bits per heavy atom. The maximum absolute atomic E-state index is 12.7. The Bertz CT molecular complexity index is 574. The minimum Gasteiger partial charge on any atom is -0.370 e. The number of halogens is 4. The molecule has 1 heterocycles. The lowest BCUT2D eigenvalue weighted by atomic mass is 10.3. The van der Waals surface area contributed by atoms with E-state index in [0.717, 1.165) is 0 Å². The van der Waals surface area contributed by atoms with Gasteiger partial charge in [-0.1, -0.05) is 6.07 Å². The van der Waals surface area contributed by atoms with E-state index in [1.54, 1.807) is 12.1 Å². The summed E-state index contributed by atoms with van der Waals surface area (Å²) in [4.78, 5) is 7.36. The van der Waals surface area contributed by atoms with Gasteiger partial charge in [-0.3, -0.25) is 0 Å². The number of guanidine groups is 1. The molecule has 0 spiro atoms. The van der Waals surface area contributed by atoms with Gasteiger partial charge in [-0.15, -0.1) is 11.8 Å². The first-order chi connectivity index (χ1) is 10.8. The van der Waals surface area contributed by atoms with Gasteiger partial charge < -0.3 is 11.1 Å². The maximum Gasteiger partial charge on any atom is 0.326 e. The largest absolute Gasteiger partial charge is 0.370 e. The molecule has 0 saturated carbocycles. The van der Waals surface area contributed by atoms with Crippen LogP contribution in [0.5, 0.6) is 0 Å². The Balaban J connectivity index is 2.58. The third-order valence-corrected chi connectivity index (χ3v) is 3.46. The standard InChI is InChI=1S/C13H15F4N5S/c14-11(15)13(16,17)8-20-12(19)22-9-4-3-5-10(21-9)23-7-2-1-6-18/h3-5,11H,1-2,7-8H2,(H3,19,20,21,22). The third kappa shape index (κ3) is 7.19. The third-order valence-electron chi connectivity index (χ3n) is 2.44. The number of nitrogens with one attached hydrogen (secondary N) is 1. The van der Waals surface area contributed by atoms with Crippen LogP contribution >= 0.6 is 11.8 Å². The molecule has 0 aliphatic carbocycles. The van der Waals surface area contributed by atoms with Crippen molar-refractivity contribution in [2.75, 3.05) is 17.6 Å². The smallest absolute Gasteiger partial charge is 0.326 e. The number of aromatic nitrogens is 1. The Morgan fingerprint density at radius 3 is 2.87 bits per heavy atom. The average Bonchev–Trinajstić information content (AvgIpc) is 2.50. The number of nitrogens with two attached hydrogens (primary N) is 1. The van der Waals surface area contributed by atoms with Crippen LogP contribution in [0.15, 0.2) is 28.2 Å². The molecule has 0 fully saturated rings. The number of hydrogen-bond donors (Lipinski definition) is 2. The molecular weight excluding hydrogens is 334 g/mol. The van der Waals surface area contributed by atoms with Gasteiger partial charge in [-0.25, -0.2) is 18.8 Å². The van der Waals surface area contributed by atoms with Crippen LogP contribution in [0.2, 0.25) is 0 Å². The number of pyridine rings is 1. The number of rotatable bonds is 8. The number of nitrogens with zero attached hydrogens (tertiary/aromatic N) is 3. The molecule has 0 bridgehead atoms. The van der Waals surface area contributed by atoms with E-state index in [1.165, 1.54) is 17.8 Å². The maximum atomic E-state index is 12.7. The van der Waals surface area contributed by atoms with Crippen LogP contribution in [0.4, 0.5) is 23.4 Å². The van der Waals surface area contributed by atoms with Crippen molar-refractivity contribution >= 4 is 23.5 Å². The Morgan fingerprint density at radius 1 is 1.48 bits per heavy atom. The molecule has 1 rings (SSSR count). The minimum atomic E-state index is -4.22. The Labute approximate surface area is 135 Å². The summed E-state index contributed by atoms with van der Waals surface area (Å²) in [6.45, 7) is -1.41. The number of aliphatic imine (C=N–C) groups is 1. The molecule has 5 nitrogen and oxygen atoms in total. The van der Waals surface area contributed by atoms with Crippen molar-refractivity contribution in [1.82, 2.24) is 4.98 Å². The van der Waals surface area contributed by atoms with Crippen molar-refractivity contribution < 1.29 is 17.6 Å². The summed E-state index contributed by atoms with van der Waals surface area (Å²) in [5.74, 6) is -3.69. The van der Waals surface area contributed by atoms with Gasteiger partial charge in [0.15, 0.2) is 5.96 Å². The van der Waals surface area contributed by atoms with Gasteiger partial charge in [-0.2, -0.15) is 14.0 Å². The van der Waals surface area contributed by atoms with Crippen LogP contribution in [0, 0.1) is 11.3 Å². The second-order valence-electron chi connectivity index (χ2n) is 4.36. The van der Waals surface area contributed by atoms with Crippen molar-refractivity contribution in [3.63, 3.8) is 0 Å². The highest BCUT2D eigenvalue weighted by Crippen LogP contribution is 2.23. The highest BCUT2D eigenvalue weighted by Gasteiger charge is 2.40. The predicted octanol–water partition coefficient (Wildman–Crippen LogP) is 3.10. The number of unbranched alkanes of at least 4 members (excludes halogenated alkanes) is 1. The van der Waals surface area contributed by atoms with Crippen molar-refractivity contribution in [2.45, 2.75) is 30.2 Å². The molecule has 23 heavy (non-hydrogen) atoms. The molecule has 3 N–H and O–H groups in total. The quantitative estimate of drug-likeness (QED) is 0.248. The van der Waals surface area contributed by atoms with Crippen LogP contribution in [-0.2, 0) is 0 Å². The summed E-state index contributed by atoms with van der Waals surface area (Å²) in [6.07, 6.45) is -2.64. The van der Waals surface area contributed by atoms with Crippen LogP contribution in [0.25, 0.3) is 0 Å². The van der Waals surface area contributed by atoms with Gasteiger partial charge in [0.1, 0.15) is 12.4 Å². The number of anilines is 1. The van der Waals surface area contributed by atoms with Crippen molar-refractivity contribution in [1.29, 1.82) is 5.26 Å². The first kappa shape index (κ1) is 19.0. The molecule has 1 aromatic heterocycles. The summed E-state index contributed by atoms with van der Waals surface area (Å²) in [5.41, 5.74) is 5.38. The fourth-order valence-electron chi connectivity index (χ4n) is 1.32. The van der Waals surface area contributed by atoms with E-state index in [1.807, 2.05) is 6.07 Å². The zero-order valence-electron chi connectivity index (χ0n) is 12.0. The van der Waals surface area contributed by atoms with E-state index >= 15 is 0 Å². The summed E-state index contributed by atoms with van der Waals surface area (Å²) in [5, 5.41) is 11.6. The van der Waals surface area contributed by atoms with Gasteiger partial charge >= 0.3 is 12.3 Å². The first-order valence-corrected chi connectivity index (χ1v) is 7.53. The molecular formula is C13H15F4N5S. The molecule has 10 heteroatoms. The molecule has 0 radical (unpaired) electrons. The van der Waals surface area contributed by atoms with E-state index < -0.39 is 24.9 Å². The highest BCUT2D eigenvalue weighted by atomic mass is 32.2. The van der Waals surface area contributed by atoms with E-state index in [9.17, 15) is 17.6 Å². The van der Waals surface area contributed by atoms with Crippen molar-refractivity contribution in [3.8, 4) is 6.07 Å². The highest BCUT2D eigenvalue weighted by molar-refractivity contribution is 7.99. The van der Waals surface area contributed by atoms with E-state index in [4.69, 9.17) is 11.0 Å². The molecule has 0 unspecified atom stereocenters. The van der Waals surface area contributed by atoms with Gasteiger partial charge in [0, 0.05) is 12.2 Å². The summed E-state index contributed by atoms with van der Waals surface area (Å²) >= 11 is 1.42. The number of nitriles is 1. The van der Waals surface area contributed by atoms with Crippen LogP contribution in [0.3, 0.4) is 0 Å². The molecule has 0 aliphatic heterocycles. The van der Waals surface area contributed by atoms with Crippen molar-refractivity contribution in [3.05, 3.63) is 18.2 Å². The Kier molecular flexibility index (Phi) is 7.61. The lowest BCUT2D eigenvalue weighted by Gasteiger charge is -2.13. The molecule has 0 aliphatic rings. The second-order valence-corrected chi connectivity index (χ2v) is 5.47. The SMILES string of the molecule is N#CCCCSc1cccc(NC(N)=NCC(F)(F)C(F)F)n1. The van der Waals surface area contributed by atoms with Crippen LogP contribution in [0.1, 0.15) is 12.8 Å². The van der Waals surface area contributed by atoms with Crippen LogP contribution in [-0.4, -0.2) is 35.6 Å². The summed E-state index contributed by atoms with van der Waals surface area (Å²) < 4.78 is 49.5. The predicted molar refractivity (Wildman–Crippen MR) is 80.9 cm³/mol. The van der Waals surface area contributed by atoms with Crippen molar-refractivity contribution in [2.24, 2.45) is 10.7 Å². The fourth-order valence-corrected chi connectivity index (χ4v) is 2.16. The lowest BCUT2D eigenvalue weighted by molar-refractivity contribution is -0.119. The second kappa shape index (κ2) is 9.19. The van der Waals surface area contributed by atoms with E-state index in [0.29, 0.717) is 23.6 Å². The lowest BCUT2D eigenvalue weighted by Crippen LogP contribution is -2.33. The van der Waals surface area contributed by atoms with Gasteiger partial charge in [0.25, 0.3) is 0 Å². The van der Waals surface area contributed by atoms with Crippen LogP contribution < -0.4 is 11.1 Å². The average molecular weight is 349 g/mol. The monoisotopic (exact) mass is 349 g/mol. The summed E-state index contributed by atoms with van der Waals surface area (Å²) in [7, 11) is 0. The molecule has 0 aromatic carbocycles. The molecule has 0 amide bonds. The van der Waals surface area contributed by atoms with Gasteiger partial charge in [-0.05, 0) is 18.6 Å². The molecule has 126 valence electrons. The summed E-state index contributed by atoms with van der Waals surface area (Å²) in [6, 6.07) is 6.97. The number of alkyl halides is 4.